The maximum absolute atomic E-state index is 14.1. The van der Waals surface area contributed by atoms with Crippen LogP contribution in [0.25, 0.3) is 16.9 Å². The Bertz CT molecular complexity index is 1160. The van der Waals surface area contributed by atoms with Crippen molar-refractivity contribution in [3.63, 3.8) is 0 Å². The number of nitrogens with one attached hydrogen (secondary N) is 1. The van der Waals surface area contributed by atoms with Gasteiger partial charge in [-0.3, -0.25) is 4.40 Å². The Morgan fingerprint density at radius 2 is 1.90 bits per heavy atom. The topological polar surface area (TPSA) is 85.6 Å². The van der Waals surface area contributed by atoms with Crippen molar-refractivity contribution in [1.82, 2.24) is 14.4 Å². The Morgan fingerprint density at radius 1 is 1.21 bits per heavy atom. The third kappa shape index (κ3) is 3.91. The molecule has 0 spiro atoms. The maximum atomic E-state index is 14.1. The van der Waals surface area contributed by atoms with Gasteiger partial charge in [-0.2, -0.15) is 4.39 Å². The van der Waals surface area contributed by atoms with Crippen molar-refractivity contribution in [2.24, 2.45) is 0 Å². The van der Waals surface area contributed by atoms with E-state index in [9.17, 15) is 12.8 Å². The molecule has 0 fully saturated rings. The zero-order valence-corrected chi connectivity index (χ0v) is 18.1. The van der Waals surface area contributed by atoms with Crippen LogP contribution in [0.15, 0.2) is 35.5 Å². The van der Waals surface area contributed by atoms with Crippen molar-refractivity contribution >= 4 is 21.3 Å². The lowest BCUT2D eigenvalue weighted by Gasteiger charge is -2.21. The standard InChI is InChI=1S/C20H25FN4O3S/c1-12(2)23-18-8-13(7-17(21)24-18)14-10-22-19-9-15(28-6)16(11-25(14)19)29(26,27)20(3,4)5/h7-12H,1-6H3,(H,23,24). The highest BCUT2D eigenvalue weighted by molar-refractivity contribution is 7.92. The summed E-state index contributed by atoms with van der Waals surface area (Å²) >= 11 is 0. The molecule has 0 aromatic carbocycles. The molecular formula is C20H25FN4O3S. The number of rotatable bonds is 5. The fourth-order valence-corrected chi connectivity index (χ4v) is 4.22. The van der Waals surface area contributed by atoms with Gasteiger partial charge in [0.1, 0.15) is 22.1 Å². The summed E-state index contributed by atoms with van der Waals surface area (Å²) in [5.74, 6) is -0.0368. The third-order valence-electron chi connectivity index (χ3n) is 4.42. The van der Waals surface area contributed by atoms with Gasteiger partial charge in [0.2, 0.25) is 5.95 Å². The molecular weight excluding hydrogens is 395 g/mol. The van der Waals surface area contributed by atoms with E-state index >= 15 is 0 Å². The molecule has 0 saturated carbocycles. The molecule has 0 aliphatic rings. The van der Waals surface area contributed by atoms with Gasteiger partial charge in [-0.25, -0.2) is 18.4 Å². The summed E-state index contributed by atoms with van der Waals surface area (Å²) in [6, 6.07) is 4.63. The first-order valence-corrected chi connectivity index (χ1v) is 10.7. The fraction of sp³-hybridized carbons (Fsp3) is 0.400. The number of nitrogens with zero attached hydrogens (tertiary/aromatic N) is 3. The molecule has 3 rings (SSSR count). The molecule has 7 nitrogen and oxygen atoms in total. The van der Waals surface area contributed by atoms with E-state index in [1.54, 1.807) is 43.5 Å². The number of ether oxygens (including phenoxy) is 1. The van der Waals surface area contributed by atoms with E-state index in [1.807, 2.05) is 13.8 Å². The van der Waals surface area contributed by atoms with Gasteiger partial charge < -0.3 is 10.1 Å². The molecule has 1 N–H and O–H groups in total. The van der Waals surface area contributed by atoms with Crippen LogP contribution in [0.3, 0.4) is 0 Å². The van der Waals surface area contributed by atoms with Crippen molar-refractivity contribution < 1.29 is 17.5 Å². The average Bonchev–Trinajstić information content (AvgIpc) is 3.01. The molecule has 0 saturated heterocycles. The number of sulfone groups is 1. The van der Waals surface area contributed by atoms with E-state index in [1.165, 1.54) is 19.4 Å². The number of pyridine rings is 2. The van der Waals surface area contributed by atoms with E-state index in [-0.39, 0.29) is 16.7 Å². The molecule has 0 aliphatic heterocycles. The van der Waals surface area contributed by atoms with Crippen LogP contribution < -0.4 is 10.1 Å². The number of halogens is 1. The minimum absolute atomic E-state index is 0.0503. The predicted octanol–water partition coefficient (Wildman–Crippen LogP) is 3.94. The normalized spacial score (nSPS) is 12.6. The molecule has 0 bridgehead atoms. The maximum Gasteiger partial charge on any atom is 0.215 e. The summed E-state index contributed by atoms with van der Waals surface area (Å²) in [6.45, 7) is 8.74. The third-order valence-corrected chi connectivity index (χ3v) is 6.91. The number of anilines is 1. The van der Waals surface area contributed by atoms with Crippen LogP contribution in [0.4, 0.5) is 10.2 Å². The molecule has 3 heterocycles. The quantitative estimate of drug-likeness (QED) is 0.630. The fourth-order valence-electron chi connectivity index (χ4n) is 2.91. The van der Waals surface area contributed by atoms with Crippen molar-refractivity contribution in [3.8, 4) is 17.0 Å². The van der Waals surface area contributed by atoms with Gasteiger partial charge in [-0.05, 0) is 40.7 Å². The Kier molecular flexibility index (Phi) is 5.29. The smallest absolute Gasteiger partial charge is 0.215 e. The lowest BCUT2D eigenvalue weighted by molar-refractivity contribution is 0.401. The summed E-state index contributed by atoms with van der Waals surface area (Å²) in [5.41, 5.74) is 1.55. The summed E-state index contributed by atoms with van der Waals surface area (Å²) in [7, 11) is -2.28. The second-order valence-electron chi connectivity index (χ2n) is 8.06. The van der Waals surface area contributed by atoms with Crippen molar-refractivity contribution in [1.29, 1.82) is 0 Å². The number of imidazole rings is 1. The van der Waals surface area contributed by atoms with Gasteiger partial charge in [0, 0.05) is 29.9 Å². The van der Waals surface area contributed by atoms with Crippen molar-refractivity contribution in [2.45, 2.75) is 50.3 Å². The predicted molar refractivity (Wildman–Crippen MR) is 111 cm³/mol. The molecule has 29 heavy (non-hydrogen) atoms. The van der Waals surface area contributed by atoms with E-state index < -0.39 is 20.5 Å². The van der Waals surface area contributed by atoms with Crippen LogP contribution in [0.2, 0.25) is 0 Å². The molecule has 0 atom stereocenters. The zero-order chi connectivity index (χ0) is 21.6. The second kappa shape index (κ2) is 7.29. The molecule has 0 aliphatic carbocycles. The number of hydrogen-bond donors (Lipinski definition) is 1. The van der Waals surface area contributed by atoms with Crippen LogP contribution in [-0.4, -0.2) is 40.7 Å². The lowest BCUT2D eigenvalue weighted by atomic mass is 10.2. The minimum atomic E-state index is -3.69. The van der Waals surface area contributed by atoms with E-state index in [0.29, 0.717) is 22.7 Å². The molecule has 9 heteroatoms. The second-order valence-corrected chi connectivity index (χ2v) is 10.7. The van der Waals surface area contributed by atoms with Crippen molar-refractivity contribution in [3.05, 3.63) is 36.5 Å². The first-order chi connectivity index (χ1) is 13.4. The highest BCUT2D eigenvalue weighted by Gasteiger charge is 2.34. The van der Waals surface area contributed by atoms with Gasteiger partial charge in [0.15, 0.2) is 9.84 Å². The molecule has 0 unspecified atom stereocenters. The average molecular weight is 421 g/mol. The van der Waals surface area contributed by atoms with Crippen LogP contribution >= 0.6 is 0 Å². The van der Waals surface area contributed by atoms with Gasteiger partial charge in [-0.15, -0.1) is 0 Å². The summed E-state index contributed by atoms with van der Waals surface area (Å²) in [5, 5.41) is 3.07. The zero-order valence-electron chi connectivity index (χ0n) is 17.3. The van der Waals surface area contributed by atoms with Gasteiger partial charge >= 0.3 is 0 Å². The van der Waals surface area contributed by atoms with Crippen molar-refractivity contribution in [2.75, 3.05) is 12.4 Å². The number of fused-ring (bicyclic) bond motifs is 1. The first kappa shape index (κ1) is 21.0. The largest absolute Gasteiger partial charge is 0.495 e. The van der Waals surface area contributed by atoms with E-state index in [0.717, 1.165) is 0 Å². The minimum Gasteiger partial charge on any atom is -0.495 e. The Morgan fingerprint density at radius 3 is 2.48 bits per heavy atom. The Balaban J connectivity index is 2.25. The van der Waals surface area contributed by atoms with Crippen LogP contribution in [0, 0.1) is 5.95 Å². The lowest BCUT2D eigenvalue weighted by Crippen LogP contribution is -2.28. The van der Waals surface area contributed by atoms with Gasteiger partial charge in [0.05, 0.1) is 23.7 Å². The molecule has 3 aromatic rings. The van der Waals surface area contributed by atoms with Crippen LogP contribution in [-0.2, 0) is 9.84 Å². The Hall–Kier alpha value is -2.68. The summed E-state index contributed by atoms with van der Waals surface area (Å²) in [6.07, 6.45) is 3.04. The molecule has 0 radical (unpaired) electrons. The van der Waals surface area contributed by atoms with Gasteiger partial charge in [0.25, 0.3) is 0 Å². The highest BCUT2D eigenvalue weighted by Crippen LogP contribution is 2.34. The van der Waals surface area contributed by atoms with E-state index in [2.05, 4.69) is 15.3 Å². The van der Waals surface area contributed by atoms with Gasteiger partial charge in [-0.1, -0.05) is 0 Å². The summed E-state index contributed by atoms with van der Waals surface area (Å²) in [4.78, 5) is 8.24. The number of hydrogen-bond acceptors (Lipinski definition) is 6. The highest BCUT2D eigenvalue weighted by atomic mass is 32.2. The molecule has 156 valence electrons. The Labute approximate surface area is 169 Å². The van der Waals surface area contributed by atoms with E-state index in [4.69, 9.17) is 4.74 Å². The molecule has 0 amide bonds. The molecule has 3 aromatic heterocycles. The summed E-state index contributed by atoms with van der Waals surface area (Å²) < 4.78 is 46.2. The SMILES string of the molecule is COc1cc2ncc(-c3cc(F)nc(NC(C)C)c3)n2cc1S(=O)(=O)C(C)(C)C. The number of aromatic nitrogens is 3. The monoisotopic (exact) mass is 420 g/mol. The number of methoxy groups -OCH3 is 1. The van der Waals surface area contributed by atoms with Crippen LogP contribution in [0.5, 0.6) is 5.75 Å². The first-order valence-electron chi connectivity index (χ1n) is 9.18. The van der Waals surface area contributed by atoms with Crippen LogP contribution in [0.1, 0.15) is 34.6 Å².